The highest BCUT2D eigenvalue weighted by atomic mass is 127. The Balaban J connectivity index is 0.00000289. The molecule has 0 heterocycles. The maximum absolute atomic E-state index is 5.37. The van der Waals surface area contributed by atoms with Gasteiger partial charge in [-0.05, 0) is 26.2 Å². The minimum Gasteiger partial charge on any atom is -0.382 e. The van der Waals surface area contributed by atoms with Crippen molar-refractivity contribution in [2.24, 2.45) is 4.99 Å². The molecule has 0 aromatic heterocycles. The third kappa shape index (κ3) is 9.90. The fourth-order valence-electron chi connectivity index (χ4n) is 1.34. The van der Waals surface area contributed by atoms with Crippen LogP contribution in [0.15, 0.2) is 4.99 Å². The second-order valence-electron chi connectivity index (χ2n) is 4.14. The molecule has 0 atom stereocenters. The van der Waals surface area contributed by atoms with Crippen LogP contribution in [0.25, 0.3) is 0 Å². The summed E-state index contributed by atoms with van der Waals surface area (Å²) >= 11 is 0. The highest BCUT2D eigenvalue weighted by Crippen LogP contribution is 2.18. The topological polar surface area (TPSA) is 54.9 Å². The Labute approximate surface area is 127 Å². The molecule has 0 aromatic rings. The van der Waals surface area contributed by atoms with Gasteiger partial charge in [0.1, 0.15) is 0 Å². The molecule has 0 spiro atoms. The minimum absolute atomic E-state index is 0. The zero-order chi connectivity index (χ0) is 12.3. The van der Waals surface area contributed by atoms with E-state index in [1.165, 1.54) is 12.8 Å². The molecule has 1 rings (SSSR count). The van der Waals surface area contributed by atoms with Crippen molar-refractivity contribution in [3.05, 3.63) is 0 Å². The summed E-state index contributed by atoms with van der Waals surface area (Å²) in [7, 11) is 1.68. The molecule has 0 saturated heterocycles. The quantitative estimate of drug-likeness (QED) is 0.278. The Kier molecular flexibility index (Phi) is 11.9. The first kappa shape index (κ1) is 17.9. The van der Waals surface area contributed by atoms with E-state index in [4.69, 9.17) is 9.47 Å². The molecule has 1 aliphatic rings. The standard InChI is InChI=1S/C12H25N3O2.HI/c1-3-13-12(15-11-5-6-11)14-7-4-8-17-10-9-16-2;/h11H,3-10H2,1-2H3,(H2,13,14,15);1H. The SMILES string of the molecule is CCNC(=NCCCOCCOC)NC1CC1.I. The molecule has 0 unspecified atom stereocenters. The van der Waals surface area contributed by atoms with Crippen LogP contribution in [0.5, 0.6) is 0 Å². The number of hydrogen-bond acceptors (Lipinski definition) is 3. The molecule has 1 saturated carbocycles. The van der Waals surface area contributed by atoms with Crippen molar-refractivity contribution in [2.45, 2.75) is 32.2 Å². The van der Waals surface area contributed by atoms with Crippen molar-refractivity contribution in [3.8, 4) is 0 Å². The summed E-state index contributed by atoms with van der Waals surface area (Å²) in [5, 5.41) is 6.62. The van der Waals surface area contributed by atoms with Crippen LogP contribution in [0.2, 0.25) is 0 Å². The molecule has 5 nitrogen and oxygen atoms in total. The summed E-state index contributed by atoms with van der Waals surface area (Å²) in [5.41, 5.74) is 0. The molecule has 0 amide bonds. The van der Waals surface area contributed by atoms with Crippen LogP contribution in [0.1, 0.15) is 26.2 Å². The maximum atomic E-state index is 5.37. The van der Waals surface area contributed by atoms with Gasteiger partial charge in [-0.2, -0.15) is 0 Å². The predicted molar refractivity (Wildman–Crippen MR) is 84.9 cm³/mol. The van der Waals surface area contributed by atoms with E-state index in [1.54, 1.807) is 7.11 Å². The van der Waals surface area contributed by atoms with E-state index in [0.717, 1.165) is 32.1 Å². The van der Waals surface area contributed by atoms with Gasteiger partial charge in [0.15, 0.2) is 5.96 Å². The average molecular weight is 371 g/mol. The Morgan fingerprint density at radius 1 is 1.28 bits per heavy atom. The first-order valence-corrected chi connectivity index (χ1v) is 6.48. The van der Waals surface area contributed by atoms with Gasteiger partial charge in [0.25, 0.3) is 0 Å². The van der Waals surface area contributed by atoms with Gasteiger partial charge in [-0.1, -0.05) is 0 Å². The smallest absolute Gasteiger partial charge is 0.191 e. The summed E-state index contributed by atoms with van der Waals surface area (Å²) in [6, 6.07) is 0.644. The van der Waals surface area contributed by atoms with E-state index in [-0.39, 0.29) is 24.0 Å². The number of methoxy groups -OCH3 is 1. The van der Waals surface area contributed by atoms with Crippen molar-refractivity contribution < 1.29 is 9.47 Å². The molecule has 0 aliphatic heterocycles. The molecule has 108 valence electrons. The van der Waals surface area contributed by atoms with E-state index in [1.807, 2.05) is 0 Å². The number of halogens is 1. The fourth-order valence-corrected chi connectivity index (χ4v) is 1.34. The van der Waals surface area contributed by atoms with Crippen LogP contribution in [-0.4, -0.2) is 52.0 Å². The molecular formula is C12H26IN3O2. The van der Waals surface area contributed by atoms with Crippen molar-refractivity contribution in [1.29, 1.82) is 0 Å². The van der Waals surface area contributed by atoms with Crippen molar-refractivity contribution >= 4 is 29.9 Å². The summed E-state index contributed by atoms with van der Waals surface area (Å²) < 4.78 is 10.3. The second-order valence-corrected chi connectivity index (χ2v) is 4.14. The summed E-state index contributed by atoms with van der Waals surface area (Å²) in [6.45, 7) is 5.86. The van der Waals surface area contributed by atoms with E-state index < -0.39 is 0 Å². The number of ether oxygens (including phenoxy) is 2. The third-order valence-electron chi connectivity index (χ3n) is 2.41. The third-order valence-corrected chi connectivity index (χ3v) is 2.41. The number of rotatable bonds is 9. The summed E-state index contributed by atoms with van der Waals surface area (Å²) in [4.78, 5) is 4.49. The minimum atomic E-state index is 0. The Bertz CT molecular complexity index is 223. The molecule has 0 aromatic carbocycles. The lowest BCUT2D eigenvalue weighted by atomic mass is 10.4. The van der Waals surface area contributed by atoms with Crippen molar-refractivity contribution in [1.82, 2.24) is 10.6 Å². The van der Waals surface area contributed by atoms with Crippen molar-refractivity contribution in [3.63, 3.8) is 0 Å². The molecule has 0 radical (unpaired) electrons. The number of hydrogen-bond donors (Lipinski definition) is 2. The van der Waals surface area contributed by atoms with Gasteiger partial charge >= 0.3 is 0 Å². The van der Waals surface area contributed by atoms with Crippen LogP contribution in [0, 0.1) is 0 Å². The summed E-state index contributed by atoms with van der Waals surface area (Å²) in [6.07, 6.45) is 3.49. The van der Waals surface area contributed by atoms with Gasteiger partial charge < -0.3 is 20.1 Å². The van der Waals surface area contributed by atoms with Crippen LogP contribution >= 0.6 is 24.0 Å². The first-order valence-electron chi connectivity index (χ1n) is 6.48. The average Bonchev–Trinajstić information content (AvgIpc) is 3.12. The van der Waals surface area contributed by atoms with Gasteiger partial charge in [0, 0.05) is 32.8 Å². The van der Waals surface area contributed by atoms with Gasteiger partial charge in [0.05, 0.1) is 13.2 Å². The highest BCUT2D eigenvalue weighted by Gasteiger charge is 2.21. The molecule has 18 heavy (non-hydrogen) atoms. The molecule has 6 heteroatoms. The summed E-state index contributed by atoms with van der Waals surface area (Å²) in [5.74, 6) is 0.937. The van der Waals surface area contributed by atoms with Gasteiger partial charge in [-0.3, -0.25) is 4.99 Å². The number of nitrogens with one attached hydrogen (secondary N) is 2. The highest BCUT2D eigenvalue weighted by molar-refractivity contribution is 14.0. The largest absolute Gasteiger partial charge is 0.382 e. The van der Waals surface area contributed by atoms with Crippen LogP contribution < -0.4 is 10.6 Å². The Morgan fingerprint density at radius 2 is 2.06 bits per heavy atom. The molecule has 1 fully saturated rings. The van der Waals surface area contributed by atoms with Crippen LogP contribution in [0.4, 0.5) is 0 Å². The van der Waals surface area contributed by atoms with E-state index in [0.29, 0.717) is 19.3 Å². The zero-order valence-corrected chi connectivity index (χ0v) is 13.7. The lowest BCUT2D eigenvalue weighted by Gasteiger charge is -2.10. The molecule has 2 N–H and O–H groups in total. The monoisotopic (exact) mass is 371 g/mol. The van der Waals surface area contributed by atoms with E-state index in [2.05, 4.69) is 22.5 Å². The second kappa shape index (κ2) is 12.0. The number of guanidine groups is 1. The first-order chi connectivity index (χ1) is 8.36. The lowest BCUT2D eigenvalue weighted by molar-refractivity contribution is 0.0702. The van der Waals surface area contributed by atoms with Crippen molar-refractivity contribution in [2.75, 3.05) is 40.0 Å². The fraction of sp³-hybridized carbons (Fsp3) is 0.917. The number of nitrogens with zero attached hydrogens (tertiary/aromatic N) is 1. The predicted octanol–water partition coefficient (Wildman–Crippen LogP) is 1.37. The van der Waals surface area contributed by atoms with Gasteiger partial charge in [-0.25, -0.2) is 0 Å². The normalized spacial score (nSPS) is 15.1. The Morgan fingerprint density at radius 3 is 2.67 bits per heavy atom. The van der Waals surface area contributed by atoms with E-state index >= 15 is 0 Å². The molecule has 1 aliphatic carbocycles. The number of aliphatic imine (C=N–C) groups is 1. The lowest BCUT2D eigenvalue weighted by Crippen LogP contribution is -2.38. The van der Waals surface area contributed by atoms with Gasteiger partial charge in [0.2, 0.25) is 0 Å². The Hall–Kier alpha value is -0.0800. The van der Waals surface area contributed by atoms with Crippen LogP contribution in [0.3, 0.4) is 0 Å². The maximum Gasteiger partial charge on any atom is 0.191 e. The zero-order valence-electron chi connectivity index (χ0n) is 11.4. The van der Waals surface area contributed by atoms with Crippen LogP contribution in [-0.2, 0) is 9.47 Å². The van der Waals surface area contributed by atoms with E-state index in [9.17, 15) is 0 Å². The van der Waals surface area contributed by atoms with Gasteiger partial charge in [-0.15, -0.1) is 24.0 Å². The molecule has 0 bridgehead atoms. The molecular weight excluding hydrogens is 345 g/mol.